The lowest BCUT2D eigenvalue weighted by Crippen LogP contribution is -2.31. The number of thiazole rings is 1. The third kappa shape index (κ3) is 3.92. The number of nitrogens with zero attached hydrogens (tertiary/aromatic N) is 2. The fourth-order valence-corrected chi connectivity index (χ4v) is 4.95. The van der Waals surface area contributed by atoms with Crippen LogP contribution < -0.4 is 20.3 Å². The van der Waals surface area contributed by atoms with Crippen molar-refractivity contribution in [3.63, 3.8) is 0 Å². The summed E-state index contributed by atoms with van der Waals surface area (Å²) in [5.74, 6) is 0.832. The Labute approximate surface area is 178 Å². The molecule has 0 atom stereocenters. The summed E-state index contributed by atoms with van der Waals surface area (Å²) in [5.41, 5.74) is 1.65. The molecule has 3 aromatic rings. The minimum absolute atomic E-state index is 0.0656. The van der Waals surface area contributed by atoms with E-state index in [1.54, 1.807) is 28.9 Å². The summed E-state index contributed by atoms with van der Waals surface area (Å²) < 4.78 is 12.5. The fourth-order valence-electron chi connectivity index (χ4n) is 3.78. The van der Waals surface area contributed by atoms with Gasteiger partial charge in [0, 0.05) is 23.3 Å². The number of ether oxygens (including phenoxy) is 2. The Hall–Kier alpha value is -2.87. The molecule has 0 unspecified atom stereocenters. The standard InChI is InChI=1S/C22H25N3O4S/c1-3-29-18-11-14(9-10-17(18)28-2)12-23-20(26)15-13-24-22-25(21(15)27)16-7-5-4-6-8-19(16)30-22/h9-11,13H,3-8,12H2,1-2H3,(H,23,26). The van der Waals surface area contributed by atoms with Crippen LogP contribution in [0.4, 0.5) is 0 Å². The number of aromatic nitrogens is 2. The van der Waals surface area contributed by atoms with E-state index < -0.39 is 5.91 Å². The number of aryl methyl sites for hydroxylation is 2. The van der Waals surface area contributed by atoms with Gasteiger partial charge in [-0.15, -0.1) is 11.3 Å². The molecular formula is C22H25N3O4S. The van der Waals surface area contributed by atoms with Crippen molar-refractivity contribution in [1.82, 2.24) is 14.7 Å². The number of amides is 1. The molecule has 8 heteroatoms. The van der Waals surface area contributed by atoms with E-state index in [4.69, 9.17) is 9.47 Å². The number of carbonyl (C=O) groups excluding carboxylic acids is 1. The second kappa shape index (κ2) is 8.87. The molecule has 0 radical (unpaired) electrons. The average Bonchev–Trinajstić information content (AvgIpc) is 2.95. The molecule has 0 spiro atoms. The zero-order valence-corrected chi connectivity index (χ0v) is 18.0. The van der Waals surface area contributed by atoms with E-state index in [1.165, 1.54) is 11.1 Å². The Morgan fingerprint density at radius 1 is 1.23 bits per heavy atom. The van der Waals surface area contributed by atoms with Crippen molar-refractivity contribution < 1.29 is 14.3 Å². The predicted octanol–water partition coefficient (Wildman–Crippen LogP) is 3.36. The van der Waals surface area contributed by atoms with Gasteiger partial charge in [0.1, 0.15) is 5.56 Å². The molecule has 30 heavy (non-hydrogen) atoms. The lowest BCUT2D eigenvalue weighted by molar-refractivity contribution is 0.0949. The van der Waals surface area contributed by atoms with Gasteiger partial charge in [0.05, 0.1) is 13.7 Å². The van der Waals surface area contributed by atoms with Gasteiger partial charge in [0.15, 0.2) is 16.5 Å². The van der Waals surface area contributed by atoms with Crippen LogP contribution in [0.15, 0.2) is 29.2 Å². The SMILES string of the molecule is CCOc1cc(CNC(=O)c2cnc3sc4c(n3c2=O)CCCCC4)ccc1OC. The fraction of sp³-hybridized carbons (Fsp3) is 0.409. The molecule has 1 aliphatic carbocycles. The van der Waals surface area contributed by atoms with E-state index in [0.717, 1.165) is 43.4 Å². The second-order valence-electron chi connectivity index (χ2n) is 7.23. The number of fused-ring (bicyclic) bond motifs is 3. The van der Waals surface area contributed by atoms with Crippen LogP contribution in [0.3, 0.4) is 0 Å². The largest absolute Gasteiger partial charge is 0.493 e. The van der Waals surface area contributed by atoms with Gasteiger partial charge in [-0.2, -0.15) is 0 Å². The molecule has 1 N–H and O–H groups in total. The Morgan fingerprint density at radius 3 is 2.87 bits per heavy atom. The van der Waals surface area contributed by atoms with Crippen LogP contribution in [0.1, 0.15) is 52.7 Å². The summed E-state index contributed by atoms with van der Waals surface area (Å²) in [6.45, 7) is 2.68. The Kier molecular flexibility index (Phi) is 6.03. The number of rotatable bonds is 6. The Balaban J connectivity index is 1.57. The number of hydrogen-bond donors (Lipinski definition) is 1. The van der Waals surface area contributed by atoms with Gasteiger partial charge in [0.2, 0.25) is 0 Å². The summed E-state index contributed by atoms with van der Waals surface area (Å²) in [7, 11) is 1.58. The molecule has 2 heterocycles. The normalized spacial score (nSPS) is 13.5. The maximum atomic E-state index is 13.1. The lowest BCUT2D eigenvalue weighted by Gasteiger charge is -2.11. The smallest absolute Gasteiger partial charge is 0.271 e. The highest BCUT2D eigenvalue weighted by Crippen LogP contribution is 2.29. The highest BCUT2D eigenvalue weighted by Gasteiger charge is 2.20. The van der Waals surface area contributed by atoms with Crippen LogP contribution in [0, 0.1) is 0 Å². The molecule has 1 aromatic carbocycles. The Morgan fingerprint density at radius 2 is 2.07 bits per heavy atom. The maximum Gasteiger partial charge on any atom is 0.271 e. The van der Waals surface area contributed by atoms with Crippen molar-refractivity contribution >= 4 is 22.2 Å². The van der Waals surface area contributed by atoms with E-state index in [2.05, 4.69) is 10.3 Å². The molecule has 2 aromatic heterocycles. The highest BCUT2D eigenvalue weighted by atomic mass is 32.1. The number of carbonyl (C=O) groups is 1. The molecule has 1 aliphatic rings. The van der Waals surface area contributed by atoms with E-state index >= 15 is 0 Å². The molecule has 1 amide bonds. The first-order valence-corrected chi connectivity index (χ1v) is 11.0. The van der Waals surface area contributed by atoms with Crippen LogP contribution in [0.25, 0.3) is 4.96 Å². The molecular weight excluding hydrogens is 402 g/mol. The first kappa shape index (κ1) is 20.4. The number of hydrogen-bond acceptors (Lipinski definition) is 6. The highest BCUT2D eigenvalue weighted by molar-refractivity contribution is 7.17. The minimum atomic E-state index is -0.427. The first-order chi connectivity index (χ1) is 14.6. The van der Waals surface area contributed by atoms with Crippen molar-refractivity contribution in [3.05, 3.63) is 56.4 Å². The van der Waals surface area contributed by atoms with E-state index in [0.29, 0.717) is 23.1 Å². The van der Waals surface area contributed by atoms with Crippen molar-refractivity contribution in [2.45, 2.75) is 45.6 Å². The third-order valence-electron chi connectivity index (χ3n) is 5.28. The van der Waals surface area contributed by atoms with E-state index in [-0.39, 0.29) is 17.7 Å². The van der Waals surface area contributed by atoms with Crippen molar-refractivity contribution in [3.8, 4) is 11.5 Å². The van der Waals surface area contributed by atoms with Crippen LogP contribution in [0.2, 0.25) is 0 Å². The number of nitrogens with one attached hydrogen (secondary N) is 1. The van der Waals surface area contributed by atoms with Crippen LogP contribution in [-0.4, -0.2) is 29.0 Å². The average molecular weight is 428 g/mol. The lowest BCUT2D eigenvalue weighted by atomic mass is 10.2. The maximum absolute atomic E-state index is 13.1. The van der Waals surface area contributed by atoms with Gasteiger partial charge in [-0.05, 0) is 50.3 Å². The van der Waals surface area contributed by atoms with Crippen LogP contribution >= 0.6 is 11.3 Å². The summed E-state index contributed by atoms with van der Waals surface area (Å²) >= 11 is 1.56. The van der Waals surface area contributed by atoms with Gasteiger partial charge in [-0.25, -0.2) is 4.98 Å². The third-order valence-corrected chi connectivity index (χ3v) is 6.43. The van der Waals surface area contributed by atoms with Gasteiger partial charge < -0.3 is 14.8 Å². The quantitative estimate of drug-likeness (QED) is 0.610. The summed E-state index contributed by atoms with van der Waals surface area (Å²) in [4.78, 5) is 32.1. The zero-order chi connectivity index (χ0) is 21.1. The number of benzene rings is 1. The van der Waals surface area contributed by atoms with Crippen LogP contribution in [0.5, 0.6) is 11.5 Å². The van der Waals surface area contributed by atoms with E-state index in [9.17, 15) is 9.59 Å². The zero-order valence-electron chi connectivity index (χ0n) is 17.2. The Bertz CT molecular complexity index is 1140. The molecule has 0 bridgehead atoms. The summed E-state index contributed by atoms with van der Waals surface area (Å²) in [5, 5.41) is 2.83. The van der Waals surface area contributed by atoms with Crippen LogP contribution in [-0.2, 0) is 19.4 Å². The van der Waals surface area contributed by atoms with Gasteiger partial charge in [-0.3, -0.25) is 14.0 Å². The van der Waals surface area contributed by atoms with Crippen molar-refractivity contribution in [2.75, 3.05) is 13.7 Å². The molecule has 0 fully saturated rings. The molecule has 0 aliphatic heterocycles. The molecule has 158 valence electrons. The van der Waals surface area contributed by atoms with Gasteiger partial charge in [-0.1, -0.05) is 12.5 Å². The second-order valence-corrected chi connectivity index (χ2v) is 8.29. The first-order valence-electron chi connectivity index (χ1n) is 10.2. The van der Waals surface area contributed by atoms with Crippen molar-refractivity contribution in [1.29, 1.82) is 0 Å². The summed E-state index contributed by atoms with van der Waals surface area (Å²) in [6.07, 6.45) is 6.58. The van der Waals surface area contributed by atoms with Crippen molar-refractivity contribution in [2.24, 2.45) is 0 Å². The topological polar surface area (TPSA) is 81.9 Å². The predicted molar refractivity (Wildman–Crippen MR) is 116 cm³/mol. The molecule has 0 saturated carbocycles. The summed E-state index contributed by atoms with van der Waals surface area (Å²) in [6, 6.07) is 5.49. The molecule has 0 saturated heterocycles. The molecule has 7 nitrogen and oxygen atoms in total. The molecule has 4 rings (SSSR count). The minimum Gasteiger partial charge on any atom is -0.493 e. The van der Waals surface area contributed by atoms with Gasteiger partial charge >= 0.3 is 0 Å². The van der Waals surface area contributed by atoms with E-state index in [1.807, 2.05) is 19.1 Å². The number of methoxy groups -OCH3 is 1. The monoisotopic (exact) mass is 427 g/mol. The van der Waals surface area contributed by atoms with Gasteiger partial charge in [0.25, 0.3) is 11.5 Å².